The molecule has 8 heteroatoms. The lowest BCUT2D eigenvalue weighted by molar-refractivity contribution is -0.00774. The summed E-state index contributed by atoms with van der Waals surface area (Å²) < 4.78 is 51.4. The van der Waals surface area contributed by atoms with E-state index in [0.717, 1.165) is 17.8 Å². The molecule has 174 valence electrons. The van der Waals surface area contributed by atoms with Crippen molar-refractivity contribution in [3.05, 3.63) is 35.9 Å². The van der Waals surface area contributed by atoms with Crippen LogP contribution in [-0.4, -0.2) is 31.6 Å². The van der Waals surface area contributed by atoms with Gasteiger partial charge >= 0.3 is 6.16 Å². The molecule has 32 heavy (non-hydrogen) atoms. The Labute approximate surface area is 190 Å². The first-order chi connectivity index (χ1) is 15.2. The maximum atomic E-state index is 15.0. The molecule has 2 aromatic carbocycles. The molecule has 0 bridgehead atoms. The van der Waals surface area contributed by atoms with Crippen molar-refractivity contribution in [1.29, 1.82) is 0 Å². The number of unbranched alkanes of at least 4 members (excludes halogenated alkanes) is 2. The third-order valence-electron chi connectivity index (χ3n) is 4.57. The van der Waals surface area contributed by atoms with Crippen LogP contribution < -0.4 is 9.47 Å². The summed E-state index contributed by atoms with van der Waals surface area (Å²) in [5.74, 6) is -0.658. The highest BCUT2D eigenvalue weighted by Gasteiger charge is 2.19. The van der Waals surface area contributed by atoms with E-state index in [1.807, 2.05) is 0 Å². The first kappa shape index (κ1) is 24.0. The highest BCUT2D eigenvalue weighted by atomic mass is 32.1. The van der Waals surface area contributed by atoms with Crippen molar-refractivity contribution in [2.24, 2.45) is 0 Å². The monoisotopic (exact) mass is 466 g/mol. The maximum Gasteiger partial charge on any atom is 0.508 e. The van der Waals surface area contributed by atoms with Gasteiger partial charge in [0.15, 0.2) is 23.1 Å². The minimum atomic E-state index is -0.683. The highest BCUT2D eigenvalue weighted by molar-refractivity contribution is 7.25. The largest absolute Gasteiger partial charge is 0.508 e. The van der Waals surface area contributed by atoms with E-state index < -0.39 is 23.4 Å². The van der Waals surface area contributed by atoms with Gasteiger partial charge in [-0.3, -0.25) is 0 Å². The Hall–Kier alpha value is -2.61. The average molecular weight is 467 g/mol. The molecule has 0 fully saturated rings. The molecule has 3 aromatic rings. The first-order valence-corrected chi connectivity index (χ1v) is 11.5. The van der Waals surface area contributed by atoms with E-state index in [1.165, 1.54) is 0 Å². The fourth-order valence-electron chi connectivity index (χ4n) is 3.18. The van der Waals surface area contributed by atoms with Crippen molar-refractivity contribution in [2.75, 3.05) is 19.8 Å². The second-order valence-electron chi connectivity index (χ2n) is 8.27. The molecule has 1 aromatic heterocycles. The minimum Gasteiger partial charge on any atom is -0.491 e. The summed E-state index contributed by atoms with van der Waals surface area (Å²) >= 11 is 1.06. The van der Waals surface area contributed by atoms with Crippen LogP contribution in [0.1, 0.15) is 47.0 Å². The number of fused-ring (bicyclic) bond motifs is 3. The molecule has 5 nitrogen and oxygen atoms in total. The number of hydrogen-bond donors (Lipinski definition) is 0. The zero-order valence-electron chi connectivity index (χ0n) is 18.8. The van der Waals surface area contributed by atoms with E-state index in [0.29, 0.717) is 46.2 Å². The number of thiophene rings is 1. The zero-order valence-corrected chi connectivity index (χ0v) is 19.6. The lowest BCUT2D eigenvalue weighted by Crippen LogP contribution is -2.24. The maximum absolute atomic E-state index is 15.0. The van der Waals surface area contributed by atoms with Gasteiger partial charge in [0.05, 0.1) is 29.2 Å². The van der Waals surface area contributed by atoms with Crippen LogP contribution in [0, 0.1) is 11.6 Å². The summed E-state index contributed by atoms with van der Waals surface area (Å²) in [6.07, 6.45) is 1.40. The van der Waals surface area contributed by atoms with Crippen LogP contribution in [0.3, 0.4) is 0 Å². The second kappa shape index (κ2) is 10.3. The normalized spacial score (nSPS) is 11.7. The van der Waals surface area contributed by atoms with Gasteiger partial charge in [0.1, 0.15) is 5.60 Å². The quantitative estimate of drug-likeness (QED) is 0.246. The molecule has 0 aliphatic carbocycles. The van der Waals surface area contributed by atoms with Gasteiger partial charge < -0.3 is 18.9 Å². The predicted molar refractivity (Wildman–Crippen MR) is 122 cm³/mol. The van der Waals surface area contributed by atoms with Crippen molar-refractivity contribution in [1.82, 2.24) is 0 Å². The van der Waals surface area contributed by atoms with E-state index in [4.69, 9.17) is 18.9 Å². The fraction of sp³-hybridized carbons (Fsp3) is 0.458. The summed E-state index contributed by atoms with van der Waals surface area (Å²) in [5.41, 5.74) is -0.581. The van der Waals surface area contributed by atoms with E-state index >= 15 is 4.39 Å². The molecule has 0 saturated carbocycles. The molecule has 0 unspecified atom stereocenters. The van der Waals surface area contributed by atoms with E-state index in [-0.39, 0.29) is 18.1 Å². The summed E-state index contributed by atoms with van der Waals surface area (Å²) in [6, 6.07) is 6.65. The molecule has 0 radical (unpaired) electrons. The Kier molecular flexibility index (Phi) is 7.77. The lowest BCUT2D eigenvalue weighted by Gasteiger charge is -2.18. The summed E-state index contributed by atoms with van der Waals surface area (Å²) in [7, 11) is 0. The molecular weight excluding hydrogens is 438 g/mol. The molecule has 0 N–H and O–H groups in total. The van der Waals surface area contributed by atoms with Gasteiger partial charge in [0.25, 0.3) is 0 Å². The van der Waals surface area contributed by atoms with Gasteiger partial charge in [0, 0.05) is 10.8 Å². The number of benzene rings is 2. The molecular formula is C24H28F2O5S. The number of carbonyl (C=O) groups is 1. The Balaban J connectivity index is 1.54. The van der Waals surface area contributed by atoms with E-state index in [9.17, 15) is 9.18 Å². The highest BCUT2D eigenvalue weighted by Crippen LogP contribution is 2.41. The van der Waals surface area contributed by atoms with E-state index in [1.54, 1.807) is 52.0 Å². The molecule has 0 saturated heterocycles. The van der Waals surface area contributed by atoms with Crippen molar-refractivity contribution >= 4 is 37.7 Å². The van der Waals surface area contributed by atoms with Crippen molar-refractivity contribution in [3.8, 4) is 11.5 Å². The molecule has 0 spiro atoms. The summed E-state index contributed by atoms with van der Waals surface area (Å²) in [6.45, 7) is 8.04. The van der Waals surface area contributed by atoms with Gasteiger partial charge in [-0.05, 0) is 71.2 Å². The predicted octanol–water partition coefficient (Wildman–Crippen LogP) is 7.23. The van der Waals surface area contributed by atoms with Crippen LogP contribution in [0.25, 0.3) is 20.2 Å². The van der Waals surface area contributed by atoms with Crippen LogP contribution in [0.5, 0.6) is 11.5 Å². The van der Waals surface area contributed by atoms with Gasteiger partial charge in [-0.25, -0.2) is 13.6 Å². The number of carbonyl (C=O) groups excluding carboxylic acids is 1. The van der Waals surface area contributed by atoms with Crippen LogP contribution in [0.2, 0.25) is 0 Å². The van der Waals surface area contributed by atoms with Crippen LogP contribution in [0.4, 0.5) is 13.6 Å². The van der Waals surface area contributed by atoms with Crippen LogP contribution in [0.15, 0.2) is 24.3 Å². The van der Waals surface area contributed by atoms with Gasteiger partial charge in [0.2, 0.25) is 0 Å². The number of rotatable bonds is 9. The standard InChI is InChI=1S/C24H28F2O5S/c1-5-28-17-11-9-15-16-10-12-18(20(26)22(16)32-21(15)19(17)25)29-13-7-6-8-14-30-23(27)31-24(2,3)4/h9-12H,5-8,13-14H2,1-4H3. The number of halogens is 2. The SMILES string of the molecule is CCOc1ccc2c(sc3c(F)c(OCCCCCOC(=O)OC(C)(C)C)ccc32)c1F. The molecule has 0 atom stereocenters. The molecule has 0 amide bonds. The third kappa shape index (κ3) is 5.79. The van der Waals surface area contributed by atoms with Gasteiger partial charge in [-0.1, -0.05) is 0 Å². The zero-order chi connectivity index (χ0) is 23.3. The average Bonchev–Trinajstić information content (AvgIpc) is 3.10. The van der Waals surface area contributed by atoms with Gasteiger partial charge in [-0.2, -0.15) is 0 Å². The topological polar surface area (TPSA) is 54.0 Å². The fourth-order valence-corrected chi connectivity index (χ4v) is 4.34. The Bertz CT molecular complexity index is 1090. The second-order valence-corrected chi connectivity index (χ2v) is 9.29. The van der Waals surface area contributed by atoms with Crippen LogP contribution in [-0.2, 0) is 9.47 Å². The smallest absolute Gasteiger partial charge is 0.491 e. The first-order valence-electron chi connectivity index (χ1n) is 10.7. The molecule has 3 rings (SSSR count). The third-order valence-corrected chi connectivity index (χ3v) is 5.78. The molecule has 0 aliphatic rings. The Morgan fingerprint density at radius 1 is 0.875 bits per heavy atom. The molecule has 1 heterocycles. The Morgan fingerprint density at radius 2 is 1.44 bits per heavy atom. The minimum absolute atomic E-state index is 0.138. The molecule has 0 aliphatic heterocycles. The Morgan fingerprint density at radius 3 is 2.00 bits per heavy atom. The lowest BCUT2D eigenvalue weighted by atomic mass is 10.1. The number of hydrogen-bond acceptors (Lipinski definition) is 6. The van der Waals surface area contributed by atoms with Crippen LogP contribution >= 0.6 is 11.3 Å². The van der Waals surface area contributed by atoms with Gasteiger partial charge in [-0.15, -0.1) is 11.3 Å². The van der Waals surface area contributed by atoms with Crippen molar-refractivity contribution < 1.29 is 32.5 Å². The van der Waals surface area contributed by atoms with Crippen molar-refractivity contribution in [2.45, 2.75) is 52.6 Å². The summed E-state index contributed by atoms with van der Waals surface area (Å²) in [5, 5.41) is 1.30. The number of ether oxygens (including phenoxy) is 4. The van der Waals surface area contributed by atoms with Crippen molar-refractivity contribution in [3.63, 3.8) is 0 Å². The van der Waals surface area contributed by atoms with E-state index in [2.05, 4.69) is 0 Å². The summed E-state index contributed by atoms with van der Waals surface area (Å²) in [4.78, 5) is 11.5.